The molecule has 1 saturated heterocycles. The van der Waals surface area contributed by atoms with Crippen LogP contribution in [-0.4, -0.2) is 37.5 Å². The van der Waals surface area contributed by atoms with Crippen LogP contribution < -0.4 is 5.32 Å². The van der Waals surface area contributed by atoms with Gasteiger partial charge >= 0.3 is 0 Å². The largest absolute Gasteiger partial charge is 0.314 e. The second kappa shape index (κ2) is 9.38. The molecule has 0 aliphatic carbocycles. The molecule has 1 N–H and O–H groups in total. The van der Waals surface area contributed by atoms with Gasteiger partial charge in [0.15, 0.2) is 0 Å². The highest BCUT2D eigenvalue weighted by molar-refractivity contribution is 9.10. The van der Waals surface area contributed by atoms with E-state index >= 15 is 0 Å². The van der Waals surface area contributed by atoms with Gasteiger partial charge in [0.25, 0.3) is 6.43 Å². The standard InChI is InChI=1S/C12H14BrClF2N2.2ClH/c13-9-7-8(1-2-10(9)14)11(12(15)16)18-5-3-17-4-6-18;;/h1-2,7,11-12,17H,3-6H2;2*1H/t11-;;/m0../s1. The van der Waals surface area contributed by atoms with E-state index in [1.807, 2.05) is 4.90 Å². The second-order valence-electron chi connectivity index (χ2n) is 4.24. The Hall–Kier alpha value is 0.350. The molecule has 0 spiro atoms. The van der Waals surface area contributed by atoms with Crippen molar-refractivity contribution in [3.63, 3.8) is 0 Å². The topological polar surface area (TPSA) is 15.3 Å². The molecular weight excluding hydrogens is 396 g/mol. The molecule has 2 nitrogen and oxygen atoms in total. The Kier molecular flexibility index (Phi) is 9.55. The fourth-order valence-electron chi connectivity index (χ4n) is 2.17. The normalized spacial score (nSPS) is 17.2. The molecule has 1 aromatic carbocycles. The molecule has 1 atom stereocenters. The van der Waals surface area contributed by atoms with Gasteiger partial charge in [0.2, 0.25) is 0 Å². The zero-order valence-electron chi connectivity index (χ0n) is 10.5. The van der Waals surface area contributed by atoms with Crippen LogP contribution in [0.25, 0.3) is 0 Å². The minimum absolute atomic E-state index is 0. The third-order valence-corrected chi connectivity index (χ3v) is 4.28. The molecule has 0 amide bonds. The summed E-state index contributed by atoms with van der Waals surface area (Å²) in [6.45, 7) is 2.76. The molecular formula is C12H16BrCl3F2N2. The number of piperazine rings is 1. The minimum atomic E-state index is -2.41. The Morgan fingerprint density at radius 1 is 1.20 bits per heavy atom. The van der Waals surface area contributed by atoms with E-state index in [0.29, 0.717) is 28.1 Å². The van der Waals surface area contributed by atoms with Gasteiger partial charge < -0.3 is 5.32 Å². The van der Waals surface area contributed by atoms with Gasteiger partial charge in [-0.25, -0.2) is 8.78 Å². The van der Waals surface area contributed by atoms with E-state index < -0.39 is 12.5 Å². The molecule has 0 radical (unpaired) electrons. The minimum Gasteiger partial charge on any atom is -0.314 e. The molecule has 0 aromatic heterocycles. The van der Waals surface area contributed by atoms with Crippen molar-refractivity contribution < 1.29 is 8.78 Å². The van der Waals surface area contributed by atoms with Crippen LogP contribution in [0.1, 0.15) is 11.6 Å². The first-order chi connectivity index (χ1) is 8.59. The highest BCUT2D eigenvalue weighted by atomic mass is 79.9. The van der Waals surface area contributed by atoms with Crippen molar-refractivity contribution in [3.05, 3.63) is 33.3 Å². The zero-order chi connectivity index (χ0) is 13.1. The predicted molar refractivity (Wildman–Crippen MR) is 86.8 cm³/mol. The van der Waals surface area contributed by atoms with Crippen LogP contribution in [0.15, 0.2) is 22.7 Å². The molecule has 0 unspecified atom stereocenters. The Morgan fingerprint density at radius 2 is 1.80 bits per heavy atom. The van der Waals surface area contributed by atoms with Crippen molar-refractivity contribution in [1.29, 1.82) is 0 Å². The van der Waals surface area contributed by atoms with E-state index in [1.54, 1.807) is 18.2 Å². The molecule has 0 saturated carbocycles. The van der Waals surface area contributed by atoms with Gasteiger partial charge in [-0.1, -0.05) is 17.7 Å². The van der Waals surface area contributed by atoms with Crippen molar-refractivity contribution in [1.82, 2.24) is 10.2 Å². The Bertz CT molecular complexity index is 418. The summed E-state index contributed by atoms with van der Waals surface area (Å²) < 4.78 is 27.2. The lowest BCUT2D eigenvalue weighted by molar-refractivity contribution is 0.0181. The smallest absolute Gasteiger partial charge is 0.258 e. The van der Waals surface area contributed by atoms with Crippen molar-refractivity contribution in [3.8, 4) is 0 Å². The first-order valence-corrected chi connectivity index (χ1v) is 6.94. The molecule has 116 valence electrons. The van der Waals surface area contributed by atoms with Crippen LogP contribution in [0.2, 0.25) is 5.02 Å². The Labute approximate surface area is 143 Å². The molecule has 0 bridgehead atoms. The van der Waals surface area contributed by atoms with Gasteiger partial charge in [0.1, 0.15) is 0 Å². The highest BCUT2D eigenvalue weighted by Crippen LogP contribution is 2.32. The molecule has 1 fully saturated rings. The molecule has 1 aliphatic heterocycles. The first-order valence-electron chi connectivity index (χ1n) is 5.77. The molecule has 1 heterocycles. The lowest BCUT2D eigenvalue weighted by Gasteiger charge is -2.34. The van der Waals surface area contributed by atoms with Gasteiger partial charge in [0, 0.05) is 30.7 Å². The first kappa shape index (κ1) is 20.3. The second-order valence-corrected chi connectivity index (χ2v) is 5.50. The van der Waals surface area contributed by atoms with Gasteiger partial charge in [-0.15, -0.1) is 24.8 Å². The number of halogens is 6. The van der Waals surface area contributed by atoms with E-state index in [0.717, 1.165) is 13.1 Å². The zero-order valence-corrected chi connectivity index (χ0v) is 14.5. The summed E-state index contributed by atoms with van der Waals surface area (Å²) in [5.41, 5.74) is 0.600. The number of hydrogen-bond donors (Lipinski definition) is 1. The average molecular weight is 413 g/mol. The van der Waals surface area contributed by atoms with Crippen molar-refractivity contribution in [2.24, 2.45) is 0 Å². The van der Waals surface area contributed by atoms with Crippen molar-refractivity contribution in [2.75, 3.05) is 26.2 Å². The van der Waals surface area contributed by atoms with Gasteiger partial charge in [-0.2, -0.15) is 0 Å². The molecule has 1 aliphatic rings. The summed E-state index contributed by atoms with van der Waals surface area (Å²) in [6, 6.07) is 4.15. The lowest BCUT2D eigenvalue weighted by Crippen LogP contribution is -2.46. The maximum absolute atomic E-state index is 13.3. The number of hydrogen-bond acceptors (Lipinski definition) is 2. The van der Waals surface area contributed by atoms with E-state index in [4.69, 9.17) is 11.6 Å². The molecule has 2 rings (SSSR count). The van der Waals surface area contributed by atoms with Crippen molar-refractivity contribution in [2.45, 2.75) is 12.5 Å². The number of nitrogens with one attached hydrogen (secondary N) is 1. The van der Waals surface area contributed by atoms with Crippen LogP contribution >= 0.6 is 52.3 Å². The SMILES string of the molecule is Cl.Cl.FC(F)[C@H](c1ccc(Cl)c(Br)c1)N1CCNCC1. The quantitative estimate of drug-likeness (QED) is 0.802. The van der Waals surface area contributed by atoms with E-state index in [9.17, 15) is 8.78 Å². The molecule has 8 heteroatoms. The number of nitrogens with zero attached hydrogens (tertiary/aromatic N) is 1. The Morgan fingerprint density at radius 3 is 2.30 bits per heavy atom. The number of rotatable bonds is 3. The van der Waals surface area contributed by atoms with Crippen LogP contribution in [0.4, 0.5) is 8.78 Å². The molecule has 1 aromatic rings. The highest BCUT2D eigenvalue weighted by Gasteiger charge is 2.30. The third-order valence-electron chi connectivity index (χ3n) is 3.07. The third kappa shape index (κ3) is 4.97. The summed E-state index contributed by atoms with van der Waals surface area (Å²) >= 11 is 9.17. The number of benzene rings is 1. The van der Waals surface area contributed by atoms with Gasteiger partial charge in [-0.05, 0) is 33.6 Å². The summed E-state index contributed by atoms with van der Waals surface area (Å²) in [5, 5.41) is 3.70. The van der Waals surface area contributed by atoms with Gasteiger partial charge in [0.05, 0.1) is 11.1 Å². The van der Waals surface area contributed by atoms with Crippen LogP contribution in [0.3, 0.4) is 0 Å². The van der Waals surface area contributed by atoms with Crippen LogP contribution in [0.5, 0.6) is 0 Å². The monoisotopic (exact) mass is 410 g/mol. The summed E-state index contributed by atoms with van der Waals surface area (Å²) in [6.07, 6.45) is -2.41. The van der Waals surface area contributed by atoms with Crippen molar-refractivity contribution >= 4 is 52.3 Å². The summed E-state index contributed by atoms with van der Waals surface area (Å²) in [5.74, 6) is 0. The lowest BCUT2D eigenvalue weighted by atomic mass is 10.1. The molecule has 20 heavy (non-hydrogen) atoms. The van der Waals surface area contributed by atoms with E-state index in [2.05, 4.69) is 21.2 Å². The van der Waals surface area contributed by atoms with Crippen LogP contribution in [0, 0.1) is 0 Å². The van der Waals surface area contributed by atoms with E-state index in [1.165, 1.54) is 0 Å². The number of alkyl halides is 2. The predicted octanol–water partition coefficient (Wildman–Crippen LogP) is 4.16. The van der Waals surface area contributed by atoms with Crippen LogP contribution in [-0.2, 0) is 0 Å². The average Bonchev–Trinajstić information content (AvgIpc) is 2.35. The summed E-state index contributed by atoms with van der Waals surface area (Å²) in [7, 11) is 0. The maximum atomic E-state index is 13.3. The maximum Gasteiger partial charge on any atom is 0.258 e. The summed E-state index contributed by atoms with van der Waals surface area (Å²) in [4.78, 5) is 1.82. The van der Waals surface area contributed by atoms with E-state index in [-0.39, 0.29) is 24.8 Å². The Balaban J connectivity index is 0.00000180. The fraction of sp³-hybridized carbons (Fsp3) is 0.500. The van der Waals surface area contributed by atoms with Gasteiger partial charge in [-0.3, -0.25) is 4.90 Å². The fourth-order valence-corrected chi connectivity index (χ4v) is 2.69.